The number of hydrogen-bond donors (Lipinski definition) is 0. The van der Waals surface area contributed by atoms with Gasteiger partial charge in [0, 0.05) is 38.8 Å². The van der Waals surface area contributed by atoms with Gasteiger partial charge in [-0.3, -0.25) is 13.9 Å². The van der Waals surface area contributed by atoms with Crippen molar-refractivity contribution < 1.29 is 13.2 Å². The van der Waals surface area contributed by atoms with Gasteiger partial charge in [-0.05, 0) is 30.2 Å². The van der Waals surface area contributed by atoms with Crippen molar-refractivity contribution in [3.05, 3.63) is 55.2 Å². The van der Waals surface area contributed by atoms with Crippen LogP contribution in [0, 0.1) is 0 Å². The molecule has 4 rings (SSSR count). The van der Waals surface area contributed by atoms with Gasteiger partial charge in [-0.1, -0.05) is 11.6 Å². The van der Waals surface area contributed by atoms with Crippen molar-refractivity contribution in [2.45, 2.75) is 25.7 Å². The van der Waals surface area contributed by atoms with E-state index in [1.54, 1.807) is 9.47 Å². The quantitative estimate of drug-likeness (QED) is 0.630. The highest BCUT2D eigenvalue weighted by Gasteiger charge is 2.32. The van der Waals surface area contributed by atoms with Gasteiger partial charge in [0.1, 0.15) is 0 Å². The molecule has 1 aromatic carbocycles. The Hall–Kier alpha value is -2.75. The van der Waals surface area contributed by atoms with Gasteiger partial charge < -0.3 is 9.47 Å². The fourth-order valence-corrected chi connectivity index (χ4v) is 3.81. The topological polar surface area (TPSA) is 65.1 Å². The van der Waals surface area contributed by atoms with Gasteiger partial charge in [0.05, 0.1) is 5.56 Å². The summed E-state index contributed by atoms with van der Waals surface area (Å²) in [6.07, 6.45) is -3.81. The van der Waals surface area contributed by atoms with Gasteiger partial charge in [-0.25, -0.2) is 4.79 Å². The Morgan fingerprint density at radius 2 is 1.86 bits per heavy atom. The molecule has 0 radical (unpaired) electrons. The Morgan fingerprint density at radius 3 is 2.55 bits per heavy atom. The third kappa shape index (κ3) is 3.11. The predicted octanol–water partition coefficient (Wildman–Crippen LogP) is 2.52. The summed E-state index contributed by atoms with van der Waals surface area (Å²) >= 11 is 6.14. The molecule has 0 atom stereocenters. The van der Waals surface area contributed by atoms with Crippen LogP contribution in [-0.2, 0) is 33.4 Å². The normalized spacial score (nSPS) is 14.5. The van der Waals surface area contributed by atoms with Crippen LogP contribution in [0.5, 0.6) is 0 Å². The van der Waals surface area contributed by atoms with Crippen LogP contribution in [0.4, 0.5) is 19.1 Å². The standard InChI is InChI=1S/C18H17ClF3N5O2/c1-24-14-13(15(28)25(2)17(24)29)27-7-3-6-26(16(27)23-14)9-10-8-11(18(20,21)22)4-5-12(10)19/h4-5,8H,3,6-7,9H2,1-2H3. The molecule has 0 saturated heterocycles. The molecule has 3 aromatic rings. The van der Waals surface area contributed by atoms with Crippen LogP contribution in [0.25, 0.3) is 11.2 Å². The summed E-state index contributed by atoms with van der Waals surface area (Å²) < 4.78 is 43.2. The number of alkyl halides is 3. The molecule has 29 heavy (non-hydrogen) atoms. The second-order valence-electron chi connectivity index (χ2n) is 7.02. The molecule has 154 valence electrons. The zero-order chi connectivity index (χ0) is 21.1. The Balaban J connectivity index is 1.83. The molecule has 11 heteroatoms. The number of anilines is 1. The molecule has 0 amide bonds. The Labute approximate surface area is 167 Å². The number of aryl methyl sites for hydroxylation is 2. The minimum Gasteiger partial charge on any atom is -0.338 e. The fourth-order valence-electron chi connectivity index (χ4n) is 3.64. The van der Waals surface area contributed by atoms with Crippen LogP contribution in [-0.4, -0.2) is 25.2 Å². The lowest BCUT2D eigenvalue weighted by molar-refractivity contribution is -0.137. The molecule has 3 heterocycles. The molecular formula is C18H17ClF3N5O2. The second-order valence-corrected chi connectivity index (χ2v) is 7.43. The van der Waals surface area contributed by atoms with E-state index < -0.39 is 23.0 Å². The molecule has 1 aliphatic rings. The highest BCUT2D eigenvalue weighted by Crippen LogP contribution is 2.33. The van der Waals surface area contributed by atoms with Gasteiger partial charge in [-0.15, -0.1) is 0 Å². The molecular weight excluding hydrogens is 411 g/mol. The lowest BCUT2D eigenvalue weighted by atomic mass is 10.1. The highest BCUT2D eigenvalue weighted by molar-refractivity contribution is 6.31. The van der Waals surface area contributed by atoms with Crippen LogP contribution in [0.15, 0.2) is 27.8 Å². The summed E-state index contributed by atoms with van der Waals surface area (Å²) in [7, 11) is 2.92. The average Bonchev–Trinajstić information content (AvgIpc) is 3.06. The molecule has 0 N–H and O–H groups in total. The van der Waals surface area contributed by atoms with Gasteiger partial charge in [0.2, 0.25) is 5.95 Å². The van der Waals surface area contributed by atoms with Crippen molar-refractivity contribution in [1.29, 1.82) is 0 Å². The minimum absolute atomic E-state index is 0.0976. The number of imidazole rings is 1. The molecule has 0 unspecified atom stereocenters. The monoisotopic (exact) mass is 427 g/mol. The minimum atomic E-state index is -4.47. The predicted molar refractivity (Wildman–Crippen MR) is 102 cm³/mol. The maximum absolute atomic E-state index is 13.1. The van der Waals surface area contributed by atoms with Crippen LogP contribution < -0.4 is 16.1 Å². The van der Waals surface area contributed by atoms with Gasteiger partial charge in [0.15, 0.2) is 11.2 Å². The largest absolute Gasteiger partial charge is 0.416 e. The zero-order valence-corrected chi connectivity index (χ0v) is 16.4. The van der Waals surface area contributed by atoms with Crippen LogP contribution in [0.2, 0.25) is 5.02 Å². The SMILES string of the molecule is Cn1c(=O)c2c(nc3n2CCCN3Cc2cc(C(F)(F)F)ccc2Cl)n(C)c1=O. The van der Waals surface area contributed by atoms with Gasteiger partial charge in [0.25, 0.3) is 5.56 Å². The molecule has 2 aromatic heterocycles. The summed E-state index contributed by atoms with van der Waals surface area (Å²) in [5, 5.41) is 0.217. The maximum Gasteiger partial charge on any atom is 0.416 e. The first-order valence-corrected chi connectivity index (χ1v) is 9.24. The van der Waals surface area contributed by atoms with E-state index >= 15 is 0 Å². The number of halogens is 4. The van der Waals surface area contributed by atoms with E-state index in [2.05, 4.69) is 4.98 Å². The number of hydrogen-bond acceptors (Lipinski definition) is 4. The van der Waals surface area contributed by atoms with Crippen molar-refractivity contribution in [1.82, 2.24) is 18.7 Å². The van der Waals surface area contributed by atoms with E-state index in [0.717, 1.165) is 16.7 Å². The Kier molecular flexibility index (Phi) is 4.49. The first-order chi connectivity index (χ1) is 13.6. The molecule has 0 fully saturated rings. The van der Waals surface area contributed by atoms with Crippen molar-refractivity contribution in [2.24, 2.45) is 14.1 Å². The van der Waals surface area contributed by atoms with E-state index in [9.17, 15) is 22.8 Å². The average molecular weight is 428 g/mol. The number of benzene rings is 1. The summed E-state index contributed by atoms with van der Waals surface area (Å²) in [4.78, 5) is 31.1. The van der Waals surface area contributed by atoms with E-state index in [1.807, 2.05) is 0 Å². The van der Waals surface area contributed by atoms with Crippen molar-refractivity contribution >= 4 is 28.7 Å². The van der Waals surface area contributed by atoms with Crippen molar-refractivity contribution in [3.63, 3.8) is 0 Å². The summed E-state index contributed by atoms with van der Waals surface area (Å²) in [6.45, 7) is 1.15. The van der Waals surface area contributed by atoms with Gasteiger partial charge in [-0.2, -0.15) is 18.2 Å². The lowest BCUT2D eigenvalue weighted by Gasteiger charge is -2.29. The molecule has 0 saturated carbocycles. The van der Waals surface area contributed by atoms with Crippen molar-refractivity contribution in [2.75, 3.05) is 11.4 Å². The molecule has 1 aliphatic heterocycles. The van der Waals surface area contributed by atoms with Crippen molar-refractivity contribution in [3.8, 4) is 0 Å². The fraction of sp³-hybridized carbons (Fsp3) is 0.389. The van der Waals surface area contributed by atoms with Crippen LogP contribution in [0.1, 0.15) is 17.5 Å². The smallest absolute Gasteiger partial charge is 0.338 e. The number of aromatic nitrogens is 4. The third-order valence-electron chi connectivity index (χ3n) is 5.15. The van der Waals surface area contributed by atoms with Crippen LogP contribution in [0.3, 0.4) is 0 Å². The van der Waals surface area contributed by atoms with E-state index in [1.165, 1.54) is 24.7 Å². The van der Waals surface area contributed by atoms with Crippen LogP contribution >= 0.6 is 11.6 Å². The van der Waals surface area contributed by atoms with E-state index in [4.69, 9.17) is 11.6 Å². The van der Waals surface area contributed by atoms with Gasteiger partial charge >= 0.3 is 11.9 Å². The number of rotatable bonds is 2. The molecule has 0 spiro atoms. The summed E-state index contributed by atoms with van der Waals surface area (Å²) in [6, 6.07) is 3.20. The maximum atomic E-state index is 13.1. The second kappa shape index (κ2) is 6.65. The first-order valence-electron chi connectivity index (χ1n) is 8.86. The van der Waals surface area contributed by atoms with E-state index in [-0.39, 0.29) is 17.2 Å². The number of fused-ring (bicyclic) bond motifs is 3. The molecule has 0 aliphatic carbocycles. The third-order valence-corrected chi connectivity index (χ3v) is 5.52. The summed E-state index contributed by atoms with van der Waals surface area (Å²) in [5.74, 6) is 0.429. The zero-order valence-electron chi connectivity index (χ0n) is 15.6. The van der Waals surface area contributed by atoms with E-state index in [0.29, 0.717) is 36.5 Å². The Bertz CT molecular complexity index is 1240. The molecule has 0 bridgehead atoms. The Morgan fingerprint density at radius 1 is 1.14 bits per heavy atom. The molecule has 7 nitrogen and oxygen atoms in total. The lowest BCUT2D eigenvalue weighted by Crippen LogP contribution is -2.38. The summed E-state index contributed by atoms with van der Waals surface area (Å²) in [5.41, 5.74) is -0.881. The number of nitrogens with zero attached hydrogens (tertiary/aromatic N) is 5. The first kappa shape index (κ1) is 19.6. The highest BCUT2D eigenvalue weighted by atomic mass is 35.5.